The average Bonchev–Trinajstić information content (AvgIpc) is 3.32. The van der Waals surface area contributed by atoms with Gasteiger partial charge in [-0.1, -0.05) is 51.1 Å². The van der Waals surface area contributed by atoms with Crippen LogP contribution < -0.4 is 10.6 Å². The molecule has 2 atom stereocenters. The second-order valence-corrected chi connectivity index (χ2v) is 14.4. The molecule has 0 bridgehead atoms. The van der Waals surface area contributed by atoms with E-state index >= 15 is 0 Å². The van der Waals surface area contributed by atoms with Crippen LogP contribution in [0.5, 0.6) is 0 Å². The van der Waals surface area contributed by atoms with Crippen LogP contribution in [0.1, 0.15) is 70.8 Å². The van der Waals surface area contributed by atoms with Crippen molar-refractivity contribution in [1.82, 2.24) is 0 Å². The molecule has 3 aromatic carbocycles. The zero-order valence-corrected chi connectivity index (χ0v) is 26.1. The number of hydrogen-bond acceptors (Lipinski definition) is 6. The third kappa shape index (κ3) is 6.46. The number of nitriles is 1. The number of nitrogens with zero attached hydrogens (tertiary/aromatic N) is 1. The molecule has 1 aliphatic rings. The van der Waals surface area contributed by atoms with Gasteiger partial charge >= 0.3 is 5.97 Å². The number of carboxylic acids is 1. The highest BCUT2D eigenvalue weighted by Gasteiger charge is 2.32. The van der Waals surface area contributed by atoms with Gasteiger partial charge in [-0.2, -0.15) is 5.26 Å². The van der Waals surface area contributed by atoms with Gasteiger partial charge in [0.1, 0.15) is 11.1 Å². The van der Waals surface area contributed by atoms with E-state index in [4.69, 9.17) is 0 Å². The molecule has 2 amide bonds. The summed E-state index contributed by atoms with van der Waals surface area (Å²) in [5.74, 6) is -1.18. The lowest BCUT2D eigenvalue weighted by atomic mass is 9.72. The van der Waals surface area contributed by atoms with Crippen molar-refractivity contribution in [3.05, 3.63) is 87.8 Å². The highest BCUT2D eigenvalue weighted by Crippen LogP contribution is 2.44. The monoisotopic (exact) mass is 611 g/mol. The lowest BCUT2D eigenvalue weighted by Gasteiger charge is -2.33. The summed E-state index contributed by atoms with van der Waals surface area (Å²) in [6.45, 7) is 8.57. The second kappa shape index (κ2) is 12.2. The smallest absolute Gasteiger partial charge is 0.336 e. The molecule has 1 heterocycles. The molecule has 0 aliphatic heterocycles. The van der Waals surface area contributed by atoms with E-state index in [9.17, 15) is 24.8 Å². The Hall–Kier alpha value is -4.13. The third-order valence-electron chi connectivity index (χ3n) is 7.99. The fraction of sp³-hybridized carbons (Fsp3) is 0.294. The Kier molecular flexibility index (Phi) is 8.63. The van der Waals surface area contributed by atoms with Crippen molar-refractivity contribution in [1.29, 1.82) is 5.26 Å². The first-order valence-corrected chi connectivity index (χ1v) is 15.8. The SMILES string of the molecule is CC(Sc1cccc(NC(=O)c2cccc3cccc(C(=O)O)c23)c1)C(=O)Nc1sc2c(c1C#N)CCC(C(C)(C)C)C2. The largest absolute Gasteiger partial charge is 0.478 e. The van der Waals surface area contributed by atoms with Gasteiger partial charge in [0, 0.05) is 26.4 Å². The molecule has 2 unspecified atom stereocenters. The van der Waals surface area contributed by atoms with Crippen LogP contribution in [0, 0.1) is 22.7 Å². The number of thiophene rings is 1. The molecule has 43 heavy (non-hydrogen) atoms. The van der Waals surface area contributed by atoms with Crippen molar-refractivity contribution in [2.24, 2.45) is 11.3 Å². The number of rotatable bonds is 7. The van der Waals surface area contributed by atoms with E-state index in [1.807, 2.05) is 13.0 Å². The number of carbonyl (C=O) groups is 3. The molecule has 1 aromatic heterocycles. The lowest BCUT2D eigenvalue weighted by molar-refractivity contribution is -0.115. The maximum atomic E-state index is 13.3. The van der Waals surface area contributed by atoms with Gasteiger partial charge in [-0.25, -0.2) is 4.79 Å². The van der Waals surface area contributed by atoms with E-state index < -0.39 is 17.1 Å². The molecule has 220 valence electrons. The molecular formula is C34H33N3O4S2. The van der Waals surface area contributed by atoms with Gasteiger partial charge in [-0.3, -0.25) is 9.59 Å². The molecule has 5 rings (SSSR count). The first-order valence-electron chi connectivity index (χ1n) is 14.1. The Morgan fingerprint density at radius 1 is 1.05 bits per heavy atom. The van der Waals surface area contributed by atoms with Crippen LogP contribution >= 0.6 is 23.1 Å². The van der Waals surface area contributed by atoms with E-state index in [1.54, 1.807) is 48.5 Å². The molecule has 4 aromatic rings. The lowest BCUT2D eigenvalue weighted by Crippen LogP contribution is -2.26. The first-order chi connectivity index (χ1) is 20.5. The van der Waals surface area contributed by atoms with Gasteiger partial charge in [-0.15, -0.1) is 23.1 Å². The summed E-state index contributed by atoms with van der Waals surface area (Å²) < 4.78 is 0. The molecule has 9 heteroatoms. The maximum absolute atomic E-state index is 13.3. The quantitative estimate of drug-likeness (QED) is 0.182. The highest BCUT2D eigenvalue weighted by atomic mass is 32.2. The van der Waals surface area contributed by atoms with E-state index in [0.717, 1.165) is 29.7 Å². The summed E-state index contributed by atoms with van der Waals surface area (Å²) in [7, 11) is 0. The highest BCUT2D eigenvalue weighted by molar-refractivity contribution is 8.00. The molecule has 0 saturated carbocycles. The number of hydrogen-bond donors (Lipinski definition) is 3. The van der Waals surface area contributed by atoms with Gasteiger partial charge in [0.05, 0.1) is 16.4 Å². The van der Waals surface area contributed by atoms with Gasteiger partial charge in [0.2, 0.25) is 5.91 Å². The van der Waals surface area contributed by atoms with Crippen molar-refractivity contribution < 1.29 is 19.5 Å². The summed E-state index contributed by atoms with van der Waals surface area (Å²) in [6, 6.07) is 19.5. The fourth-order valence-corrected chi connectivity index (χ4v) is 7.76. The summed E-state index contributed by atoms with van der Waals surface area (Å²) in [4.78, 5) is 40.3. The maximum Gasteiger partial charge on any atom is 0.336 e. The molecule has 0 radical (unpaired) electrons. The average molecular weight is 612 g/mol. The van der Waals surface area contributed by atoms with Crippen molar-refractivity contribution in [2.45, 2.75) is 57.1 Å². The standard InChI is InChI=1S/C34H33N3O4S2/c1-19(30(38)37-32-27(18-35)24-15-14-21(34(2,3)4)16-28(24)43-32)42-23-11-7-10-22(17-23)36-31(39)25-12-5-8-20-9-6-13-26(29(20)25)33(40)41/h5-13,17,19,21H,14-16H2,1-4H3,(H,36,39)(H,37,38)(H,40,41). The number of fused-ring (bicyclic) bond motifs is 2. The van der Waals surface area contributed by atoms with E-state index in [2.05, 4.69) is 37.5 Å². The summed E-state index contributed by atoms with van der Waals surface area (Å²) in [6.07, 6.45) is 2.81. The van der Waals surface area contributed by atoms with Gasteiger partial charge in [0.15, 0.2) is 0 Å². The van der Waals surface area contributed by atoms with Gasteiger partial charge < -0.3 is 15.7 Å². The Morgan fingerprint density at radius 3 is 2.42 bits per heavy atom. The van der Waals surface area contributed by atoms with Crippen molar-refractivity contribution in [2.75, 3.05) is 10.6 Å². The minimum atomic E-state index is -1.10. The van der Waals surface area contributed by atoms with Crippen LogP contribution in [-0.2, 0) is 17.6 Å². The fourth-order valence-electron chi connectivity index (χ4n) is 5.56. The molecule has 3 N–H and O–H groups in total. The van der Waals surface area contributed by atoms with E-state index in [0.29, 0.717) is 32.9 Å². The minimum Gasteiger partial charge on any atom is -0.478 e. The normalized spacial score (nSPS) is 15.3. The summed E-state index contributed by atoms with van der Waals surface area (Å²) >= 11 is 2.87. The molecule has 0 fully saturated rings. The molecule has 0 spiro atoms. The Bertz CT molecular complexity index is 1780. The number of benzene rings is 3. The van der Waals surface area contributed by atoms with Crippen LogP contribution in [0.4, 0.5) is 10.7 Å². The predicted octanol–water partition coefficient (Wildman–Crippen LogP) is 7.99. The third-order valence-corrected chi connectivity index (χ3v) is 10.3. The predicted molar refractivity (Wildman–Crippen MR) is 173 cm³/mol. The second-order valence-electron chi connectivity index (χ2n) is 11.9. The van der Waals surface area contributed by atoms with E-state index in [-0.39, 0.29) is 22.4 Å². The van der Waals surface area contributed by atoms with Crippen LogP contribution in [0.25, 0.3) is 10.8 Å². The molecule has 0 saturated heterocycles. The van der Waals surface area contributed by atoms with Crippen LogP contribution in [0.15, 0.2) is 65.6 Å². The number of carboxylic acid groups (broad SMARTS) is 1. The Balaban J connectivity index is 1.28. The summed E-state index contributed by atoms with van der Waals surface area (Å²) in [5, 5.41) is 26.7. The number of aromatic carboxylic acids is 1. The van der Waals surface area contributed by atoms with Crippen LogP contribution in [0.3, 0.4) is 0 Å². The topological polar surface area (TPSA) is 119 Å². The zero-order chi connectivity index (χ0) is 30.9. The van der Waals surface area contributed by atoms with E-state index in [1.165, 1.54) is 34.0 Å². The first kappa shape index (κ1) is 30.3. The number of carbonyl (C=O) groups excluding carboxylic acids is 2. The van der Waals surface area contributed by atoms with Gasteiger partial charge in [-0.05, 0) is 78.8 Å². The zero-order valence-electron chi connectivity index (χ0n) is 24.5. The van der Waals surface area contributed by atoms with Crippen LogP contribution in [-0.4, -0.2) is 28.1 Å². The molecule has 1 aliphatic carbocycles. The number of amides is 2. The van der Waals surface area contributed by atoms with Crippen molar-refractivity contribution in [3.63, 3.8) is 0 Å². The molecule has 7 nitrogen and oxygen atoms in total. The van der Waals surface area contributed by atoms with Crippen LogP contribution in [0.2, 0.25) is 0 Å². The van der Waals surface area contributed by atoms with Crippen molar-refractivity contribution >= 4 is 62.3 Å². The number of nitrogens with one attached hydrogen (secondary N) is 2. The number of thioether (sulfide) groups is 1. The number of anilines is 2. The molecular weight excluding hydrogens is 579 g/mol. The van der Waals surface area contributed by atoms with Gasteiger partial charge in [0.25, 0.3) is 5.91 Å². The Morgan fingerprint density at radius 2 is 1.74 bits per heavy atom. The minimum absolute atomic E-state index is 0.0626. The van der Waals surface area contributed by atoms with Crippen molar-refractivity contribution in [3.8, 4) is 6.07 Å². The summed E-state index contributed by atoms with van der Waals surface area (Å²) in [5.41, 5.74) is 2.71. The Labute approximate surface area is 259 Å².